The Balaban J connectivity index is 2.18. The molecule has 0 radical (unpaired) electrons. The van der Waals surface area contributed by atoms with Crippen molar-refractivity contribution in [1.29, 1.82) is 0 Å². The van der Waals surface area contributed by atoms with E-state index in [2.05, 4.69) is 0 Å². The van der Waals surface area contributed by atoms with Crippen LogP contribution in [-0.4, -0.2) is 17.0 Å². The third-order valence-electron chi connectivity index (χ3n) is 3.60. The molecule has 2 saturated carbocycles. The molecular formula is C11H18O2. The van der Waals surface area contributed by atoms with Crippen molar-refractivity contribution >= 4 is 5.78 Å². The van der Waals surface area contributed by atoms with Crippen LogP contribution in [0.15, 0.2) is 0 Å². The summed E-state index contributed by atoms with van der Waals surface area (Å²) in [4.78, 5) is 11.9. The molecule has 74 valence electrons. The normalized spacial score (nSPS) is 41.0. The lowest BCUT2D eigenvalue weighted by Crippen LogP contribution is -2.28. The van der Waals surface area contributed by atoms with Crippen LogP contribution < -0.4 is 0 Å². The highest BCUT2D eigenvalue weighted by Crippen LogP contribution is 2.34. The van der Waals surface area contributed by atoms with Crippen LogP contribution in [-0.2, 0) is 4.79 Å². The molecule has 2 heteroatoms. The van der Waals surface area contributed by atoms with Crippen LogP contribution in [0.25, 0.3) is 0 Å². The lowest BCUT2D eigenvalue weighted by atomic mass is 9.89. The Morgan fingerprint density at radius 2 is 1.69 bits per heavy atom. The van der Waals surface area contributed by atoms with Crippen LogP contribution in [0.5, 0.6) is 0 Å². The SMILES string of the molecule is O=C1[C@@H]2CCCC[C@H]1[C@H](O)CCC2. The zero-order valence-corrected chi connectivity index (χ0v) is 8.04. The Morgan fingerprint density at radius 1 is 1.00 bits per heavy atom. The number of rotatable bonds is 0. The van der Waals surface area contributed by atoms with Gasteiger partial charge in [0.1, 0.15) is 5.78 Å². The van der Waals surface area contributed by atoms with Gasteiger partial charge >= 0.3 is 0 Å². The predicted molar refractivity (Wildman–Crippen MR) is 50.3 cm³/mol. The summed E-state index contributed by atoms with van der Waals surface area (Å²) in [6.45, 7) is 0. The molecule has 2 aliphatic carbocycles. The highest BCUT2D eigenvalue weighted by molar-refractivity contribution is 5.84. The zero-order valence-electron chi connectivity index (χ0n) is 8.04. The Morgan fingerprint density at radius 3 is 2.54 bits per heavy atom. The largest absolute Gasteiger partial charge is 0.392 e. The number of aliphatic hydroxyl groups is 1. The van der Waals surface area contributed by atoms with Gasteiger partial charge in [-0.3, -0.25) is 4.79 Å². The number of Topliss-reactive ketones (excluding diaryl/α,β-unsaturated/α-hetero) is 1. The number of hydrogen-bond donors (Lipinski definition) is 1. The van der Waals surface area contributed by atoms with Gasteiger partial charge in [0, 0.05) is 11.8 Å². The average Bonchev–Trinajstić information content (AvgIpc) is 2.36. The summed E-state index contributed by atoms with van der Waals surface area (Å²) in [5.41, 5.74) is 0. The van der Waals surface area contributed by atoms with Gasteiger partial charge in [-0.2, -0.15) is 0 Å². The van der Waals surface area contributed by atoms with Crippen LogP contribution in [0.3, 0.4) is 0 Å². The second kappa shape index (κ2) is 3.79. The van der Waals surface area contributed by atoms with Crippen LogP contribution in [0.4, 0.5) is 0 Å². The average molecular weight is 182 g/mol. The lowest BCUT2D eigenvalue weighted by Gasteiger charge is -2.18. The van der Waals surface area contributed by atoms with E-state index in [1.165, 1.54) is 6.42 Å². The smallest absolute Gasteiger partial charge is 0.141 e. The summed E-state index contributed by atoms with van der Waals surface area (Å²) in [5.74, 6) is 0.627. The van der Waals surface area contributed by atoms with Crippen molar-refractivity contribution in [2.45, 2.75) is 51.0 Å². The molecule has 0 aromatic heterocycles. The number of carbonyl (C=O) groups excluding carboxylic acids is 1. The first kappa shape index (κ1) is 9.20. The molecule has 0 aromatic carbocycles. The van der Waals surface area contributed by atoms with E-state index in [1.54, 1.807) is 0 Å². The van der Waals surface area contributed by atoms with Gasteiger partial charge in [0.2, 0.25) is 0 Å². The van der Waals surface area contributed by atoms with Crippen molar-refractivity contribution in [1.82, 2.24) is 0 Å². The fraction of sp³-hybridized carbons (Fsp3) is 0.909. The highest BCUT2D eigenvalue weighted by Gasteiger charge is 2.35. The Labute approximate surface area is 79.3 Å². The van der Waals surface area contributed by atoms with Crippen molar-refractivity contribution in [3.8, 4) is 0 Å². The van der Waals surface area contributed by atoms with Crippen molar-refractivity contribution in [3.05, 3.63) is 0 Å². The molecule has 2 aliphatic rings. The van der Waals surface area contributed by atoms with Gasteiger partial charge < -0.3 is 5.11 Å². The van der Waals surface area contributed by atoms with Crippen molar-refractivity contribution in [2.24, 2.45) is 11.8 Å². The second-order valence-electron chi connectivity index (χ2n) is 4.49. The fourth-order valence-corrected chi connectivity index (χ4v) is 2.79. The van der Waals surface area contributed by atoms with Crippen molar-refractivity contribution in [3.63, 3.8) is 0 Å². The molecule has 3 atom stereocenters. The first-order chi connectivity index (χ1) is 6.29. The van der Waals surface area contributed by atoms with E-state index in [1.807, 2.05) is 0 Å². The van der Waals surface area contributed by atoms with Gasteiger partial charge in [-0.1, -0.05) is 19.3 Å². The van der Waals surface area contributed by atoms with Gasteiger partial charge in [0.15, 0.2) is 0 Å². The van der Waals surface area contributed by atoms with E-state index in [9.17, 15) is 9.90 Å². The van der Waals surface area contributed by atoms with Crippen LogP contribution >= 0.6 is 0 Å². The van der Waals surface area contributed by atoms with Crippen molar-refractivity contribution < 1.29 is 9.90 Å². The third-order valence-corrected chi connectivity index (χ3v) is 3.60. The van der Waals surface area contributed by atoms with Crippen LogP contribution in [0, 0.1) is 11.8 Å². The minimum atomic E-state index is -0.337. The van der Waals surface area contributed by atoms with Gasteiger partial charge in [-0.15, -0.1) is 0 Å². The molecular weight excluding hydrogens is 164 g/mol. The molecule has 0 aliphatic heterocycles. The molecule has 0 unspecified atom stereocenters. The summed E-state index contributed by atoms with van der Waals surface area (Å²) in [7, 11) is 0. The molecule has 0 saturated heterocycles. The maximum Gasteiger partial charge on any atom is 0.141 e. The number of carbonyl (C=O) groups is 1. The molecule has 2 fully saturated rings. The molecule has 2 nitrogen and oxygen atoms in total. The molecule has 13 heavy (non-hydrogen) atoms. The first-order valence-corrected chi connectivity index (χ1v) is 5.51. The second-order valence-corrected chi connectivity index (χ2v) is 4.49. The fourth-order valence-electron chi connectivity index (χ4n) is 2.79. The number of aliphatic hydroxyl groups excluding tert-OH is 1. The Bertz CT molecular complexity index is 200. The minimum Gasteiger partial charge on any atom is -0.392 e. The maximum atomic E-state index is 11.9. The maximum absolute atomic E-state index is 11.9. The van der Waals surface area contributed by atoms with Gasteiger partial charge in [0.25, 0.3) is 0 Å². The van der Waals surface area contributed by atoms with Crippen LogP contribution in [0.1, 0.15) is 44.9 Å². The lowest BCUT2D eigenvalue weighted by molar-refractivity contribution is -0.129. The first-order valence-electron chi connectivity index (χ1n) is 5.51. The Hall–Kier alpha value is -0.370. The van der Waals surface area contributed by atoms with Gasteiger partial charge in [-0.25, -0.2) is 0 Å². The summed E-state index contributed by atoms with van der Waals surface area (Å²) in [6, 6.07) is 0. The number of hydrogen-bond acceptors (Lipinski definition) is 2. The highest BCUT2D eigenvalue weighted by atomic mass is 16.3. The van der Waals surface area contributed by atoms with Crippen molar-refractivity contribution in [2.75, 3.05) is 0 Å². The van der Waals surface area contributed by atoms with E-state index in [0.717, 1.165) is 38.5 Å². The Kier molecular flexibility index (Phi) is 2.68. The predicted octanol–water partition coefficient (Wildman–Crippen LogP) is 1.91. The molecule has 2 rings (SSSR count). The topological polar surface area (TPSA) is 37.3 Å². The van der Waals surface area contributed by atoms with Gasteiger partial charge in [0.05, 0.1) is 6.10 Å². The van der Waals surface area contributed by atoms with E-state index < -0.39 is 0 Å². The summed E-state index contributed by atoms with van der Waals surface area (Å²) >= 11 is 0. The van der Waals surface area contributed by atoms with E-state index in [4.69, 9.17) is 0 Å². The molecule has 2 bridgehead atoms. The number of fused-ring (bicyclic) bond motifs is 2. The quantitative estimate of drug-likeness (QED) is 0.621. The van der Waals surface area contributed by atoms with E-state index in [-0.39, 0.29) is 17.9 Å². The third kappa shape index (κ3) is 1.78. The summed E-state index contributed by atoms with van der Waals surface area (Å²) < 4.78 is 0. The molecule has 0 aromatic rings. The standard InChI is InChI=1S/C11H18O2/c12-10-7-3-5-8-4-1-2-6-9(10)11(8)13/h8-10,12H,1-7H2/t8-,9+,10-/m1/s1. The molecule has 0 heterocycles. The molecule has 0 spiro atoms. The van der Waals surface area contributed by atoms with E-state index >= 15 is 0 Å². The molecule has 1 N–H and O–H groups in total. The van der Waals surface area contributed by atoms with Gasteiger partial charge in [-0.05, 0) is 25.7 Å². The minimum absolute atomic E-state index is 0.0185. The summed E-state index contributed by atoms with van der Waals surface area (Å²) in [6.07, 6.45) is 6.87. The summed E-state index contributed by atoms with van der Waals surface area (Å²) in [5, 5.41) is 9.78. The zero-order chi connectivity index (χ0) is 9.26. The number of ketones is 1. The monoisotopic (exact) mass is 182 g/mol. The molecule has 0 amide bonds. The van der Waals surface area contributed by atoms with Crippen LogP contribution in [0.2, 0.25) is 0 Å². The van der Waals surface area contributed by atoms with E-state index in [0.29, 0.717) is 5.78 Å².